The van der Waals surface area contributed by atoms with Crippen LogP contribution in [-0.4, -0.2) is 49.3 Å². The predicted molar refractivity (Wildman–Crippen MR) is 115 cm³/mol. The smallest absolute Gasteiger partial charge is 0.303 e. The van der Waals surface area contributed by atoms with Crippen molar-refractivity contribution < 1.29 is 14.6 Å². The molecule has 0 aromatic rings. The van der Waals surface area contributed by atoms with Crippen LogP contribution in [0.3, 0.4) is 0 Å². The molecular formula is C23H47NO3. The summed E-state index contributed by atoms with van der Waals surface area (Å²) in [5.74, 6) is -0.653. The van der Waals surface area contributed by atoms with E-state index in [1.807, 2.05) is 0 Å². The van der Waals surface area contributed by atoms with Gasteiger partial charge in [-0.05, 0) is 13.5 Å². The molecule has 0 unspecified atom stereocenters. The van der Waals surface area contributed by atoms with Crippen LogP contribution in [0.5, 0.6) is 0 Å². The molecule has 1 aliphatic heterocycles. The zero-order chi connectivity index (χ0) is 20.0. The molecule has 4 nitrogen and oxygen atoms in total. The maximum Gasteiger partial charge on any atom is 0.303 e. The minimum atomic E-state index is -0.653. The lowest BCUT2D eigenvalue weighted by molar-refractivity contribution is -0.137. The molecule has 1 rings (SSSR count). The molecule has 0 aliphatic carbocycles. The van der Waals surface area contributed by atoms with E-state index in [1.54, 1.807) is 0 Å². The van der Waals surface area contributed by atoms with Crippen molar-refractivity contribution >= 4 is 5.97 Å². The summed E-state index contributed by atoms with van der Waals surface area (Å²) in [6.07, 6.45) is 20.2. The number of carbonyl (C=O) groups is 1. The number of hydrogen-bond donors (Lipinski definition) is 1. The zero-order valence-electron chi connectivity index (χ0n) is 18.4. The van der Waals surface area contributed by atoms with Crippen LogP contribution < -0.4 is 0 Å². The van der Waals surface area contributed by atoms with Crippen LogP contribution in [-0.2, 0) is 9.53 Å². The Morgan fingerprint density at radius 1 is 0.741 bits per heavy atom. The topological polar surface area (TPSA) is 49.8 Å². The van der Waals surface area contributed by atoms with Gasteiger partial charge in [-0.25, -0.2) is 0 Å². The van der Waals surface area contributed by atoms with Crippen molar-refractivity contribution in [1.82, 2.24) is 4.90 Å². The van der Waals surface area contributed by atoms with E-state index in [1.165, 1.54) is 83.5 Å². The van der Waals surface area contributed by atoms with Gasteiger partial charge in [0.05, 0.1) is 13.2 Å². The van der Waals surface area contributed by atoms with Crippen LogP contribution in [0.25, 0.3) is 0 Å². The SMILES string of the molecule is CCCCCCCCCCCCCCCCCC(=O)O.CN1CCOCC1. The van der Waals surface area contributed by atoms with Crippen LogP contribution in [0.1, 0.15) is 110 Å². The number of unbranched alkanes of at least 4 members (excludes halogenated alkanes) is 14. The van der Waals surface area contributed by atoms with Gasteiger partial charge in [-0.1, -0.05) is 96.8 Å². The average molecular weight is 386 g/mol. The van der Waals surface area contributed by atoms with Gasteiger partial charge in [0.1, 0.15) is 0 Å². The largest absolute Gasteiger partial charge is 0.481 e. The van der Waals surface area contributed by atoms with Crippen LogP contribution >= 0.6 is 0 Å². The Morgan fingerprint density at radius 2 is 1.11 bits per heavy atom. The molecule has 1 heterocycles. The Kier molecular flexibility index (Phi) is 21.2. The van der Waals surface area contributed by atoms with Crippen LogP contribution in [0.2, 0.25) is 0 Å². The van der Waals surface area contributed by atoms with Gasteiger partial charge in [-0.2, -0.15) is 0 Å². The number of likely N-dealkylation sites (N-methyl/N-ethyl adjacent to an activating group) is 1. The maximum absolute atomic E-state index is 10.3. The van der Waals surface area contributed by atoms with Gasteiger partial charge < -0.3 is 14.7 Å². The Bertz CT molecular complexity index is 304. The van der Waals surface area contributed by atoms with E-state index in [2.05, 4.69) is 18.9 Å². The van der Waals surface area contributed by atoms with Crippen molar-refractivity contribution in [2.75, 3.05) is 33.4 Å². The first-order valence-electron chi connectivity index (χ1n) is 11.6. The summed E-state index contributed by atoms with van der Waals surface area (Å²) in [4.78, 5) is 12.6. The lowest BCUT2D eigenvalue weighted by atomic mass is 10.0. The van der Waals surface area contributed by atoms with E-state index in [0.29, 0.717) is 6.42 Å². The van der Waals surface area contributed by atoms with Gasteiger partial charge in [0.25, 0.3) is 0 Å². The number of carboxylic acid groups (broad SMARTS) is 1. The molecule has 1 aliphatic rings. The average Bonchev–Trinajstić information content (AvgIpc) is 2.66. The number of carboxylic acids is 1. The van der Waals surface area contributed by atoms with Crippen LogP contribution in [0.4, 0.5) is 0 Å². The van der Waals surface area contributed by atoms with E-state index in [-0.39, 0.29) is 0 Å². The van der Waals surface area contributed by atoms with Crippen molar-refractivity contribution in [3.63, 3.8) is 0 Å². The number of ether oxygens (including phenoxy) is 1. The van der Waals surface area contributed by atoms with E-state index >= 15 is 0 Å². The molecule has 1 fully saturated rings. The van der Waals surface area contributed by atoms with Crippen molar-refractivity contribution in [3.8, 4) is 0 Å². The third-order valence-electron chi connectivity index (χ3n) is 5.23. The predicted octanol–water partition coefficient (Wildman–Crippen LogP) is 6.28. The van der Waals surface area contributed by atoms with Crippen molar-refractivity contribution in [2.45, 2.75) is 110 Å². The number of nitrogens with zero attached hydrogens (tertiary/aromatic N) is 1. The zero-order valence-corrected chi connectivity index (χ0v) is 18.4. The van der Waals surface area contributed by atoms with Gasteiger partial charge in [-0.3, -0.25) is 4.79 Å². The van der Waals surface area contributed by atoms with Crippen molar-refractivity contribution in [1.29, 1.82) is 0 Å². The number of morpholine rings is 1. The fourth-order valence-corrected chi connectivity index (χ4v) is 3.30. The summed E-state index contributed by atoms with van der Waals surface area (Å²) in [5, 5.41) is 8.52. The molecule has 0 saturated carbocycles. The number of rotatable bonds is 16. The number of hydrogen-bond acceptors (Lipinski definition) is 3. The minimum absolute atomic E-state index is 0.345. The van der Waals surface area contributed by atoms with Crippen molar-refractivity contribution in [3.05, 3.63) is 0 Å². The lowest BCUT2D eigenvalue weighted by Gasteiger charge is -2.21. The highest BCUT2D eigenvalue weighted by molar-refractivity contribution is 5.66. The Balaban J connectivity index is 0.000000797. The highest BCUT2D eigenvalue weighted by Gasteiger charge is 2.02. The first-order chi connectivity index (χ1) is 13.2. The Labute approximate surface area is 169 Å². The van der Waals surface area contributed by atoms with Gasteiger partial charge in [-0.15, -0.1) is 0 Å². The summed E-state index contributed by atoms with van der Waals surface area (Å²) in [6.45, 7) is 6.29. The standard InChI is InChI=1S/C18H36O2.C5H11NO/c1-2-3-4-5-6-7-8-9-10-11-12-13-14-15-16-17-18(19)20;1-6-2-4-7-5-3-6/h2-17H2,1H3,(H,19,20);2-5H2,1H3. The van der Waals surface area contributed by atoms with Gasteiger partial charge in [0.15, 0.2) is 0 Å². The fraction of sp³-hybridized carbons (Fsp3) is 0.957. The quantitative estimate of drug-likeness (QED) is 0.318. The molecule has 0 aromatic carbocycles. The lowest BCUT2D eigenvalue weighted by Crippen LogP contribution is -2.32. The summed E-state index contributed by atoms with van der Waals surface area (Å²) in [5.41, 5.74) is 0. The van der Waals surface area contributed by atoms with Gasteiger partial charge in [0.2, 0.25) is 0 Å². The summed E-state index contributed by atoms with van der Waals surface area (Å²) < 4.78 is 5.10. The highest BCUT2D eigenvalue weighted by atomic mass is 16.5. The molecule has 0 amide bonds. The fourth-order valence-electron chi connectivity index (χ4n) is 3.30. The second-order valence-corrected chi connectivity index (χ2v) is 8.01. The Morgan fingerprint density at radius 3 is 1.41 bits per heavy atom. The first-order valence-corrected chi connectivity index (χ1v) is 11.6. The summed E-state index contributed by atoms with van der Waals surface area (Å²) in [7, 11) is 2.11. The van der Waals surface area contributed by atoms with E-state index < -0.39 is 5.97 Å². The minimum Gasteiger partial charge on any atom is -0.481 e. The molecule has 4 heteroatoms. The summed E-state index contributed by atoms with van der Waals surface area (Å²) in [6, 6.07) is 0. The highest BCUT2D eigenvalue weighted by Crippen LogP contribution is 2.13. The van der Waals surface area contributed by atoms with Crippen molar-refractivity contribution in [2.24, 2.45) is 0 Å². The Hall–Kier alpha value is -0.610. The van der Waals surface area contributed by atoms with Crippen LogP contribution in [0, 0.1) is 0 Å². The monoisotopic (exact) mass is 385 g/mol. The molecule has 162 valence electrons. The second kappa shape index (κ2) is 21.7. The molecule has 0 spiro atoms. The summed E-state index contributed by atoms with van der Waals surface area (Å²) >= 11 is 0. The molecule has 27 heavy (non-hydrogen) atoms. The third kappa shape index (κ3) is 23.4. The third-order valence-corrected chi connectivity index (χ3v) is 5.23. The normalized spacial score (nSPS) is 14.6. The molecule has 0 aromatic heterocycles. The van der Waals surface area contributed by atoms with Gasteiger partial charge in [0, 0.05) is 19.5 Å². The molecule has 1 N–H and O–H groups in total. The molecular weight excluding hydrogens is 338 g/mol. The molecule has 0 bridgehead atoms. The number of aliphatic carboxylic acids is 1. The second-order valence-electron chi connectivity index (χ2n) is 8.01. The van der Waals surface area contributed by atoms with E-state index in [0.717, 1.165) is 39.1 Å². The van der Waals surface area contributed by atoms with E-state index in [9.17, 15) is 4.79 Å². The first kappa shape index (κ1) is 26.4. The van der Waals surface area contributed by atoms with E-state index in [4.69, 9.17) is 9.84 Å². The van der Waals surface area contributed by atoms with Crippen LogP contribution in [0.15, 0.2) is 0 Å². The molecule has 0 atom stereocenters. The van der Waals surface area contributed by atoms with Gasteiger partial charge >= 0.3 is 5.97 Å². The molecule has 0 radical (unpaired) electrons. The molecule has 1 saturated heterocycles. The maximum atomic E-state index is 10.3.